The van der Waals surface area contributed by atoms with E-state index in [9.17, 15) is 9.59 Å². The van der Waals surface area contributed by atoms with Gasteiger partial charge in [0.15, 0.2) is 5.78 Å². The molecule has 4 rings (SSSR count). The molecule has 1 unspecified atom stereocenters. The standard InChI is InChI=1S/C25H30N2O2/c1-3-21-14-25(21,18(2)28)26-24(29)23-17-27(15-19-10-6-4-7-11-19)16-22(23)20-12-8-5-9-13-20/h3-12,20-23H,1,13-17H2,2H3,(H,26,29)/t20?,21-,22+,23-,25+/m1/s1. The molecule has 1 aromatic carbocycles. The van der Waals surface area contributed by atoms with Gasteiger partial charge in [-0.05, 0) is 37.2 Å². The van der Waals surface area contributed by atoms with Crippen molar-refractivity contribution < 1.29 is 9.59 Å². The highest BCUT2D eigenvalue weighted by atomic mass is 16.2. The molecule has 5 atom stereocenters. The molecule has 1 saturated heterocycles. The van der Waals surface area contributed by atoms with Crippen LogP contribution in [0.25, 0.3) is 0 Å². The van der Waals surface area contributed by atoms with Gasteiger partial charge in [-0.2, -0.15) is 0 Å². The Kier molecular flexibility index (Phi) is 5.55. The molecule has 3 aliphatic rings. The van der Waals surface area contributed by atoms with Gasteiger partial charge in [-0.15, -0.1) is 6.58 Å². The van der Waals surface area contributed by atoms with Crippen molar-refractivity contribution in [2.75, 3.05) is 13.1 Å². The zero-order chi connectivity index (χ0) is 20.4. The molecule has 1 saturated carbocycles. The summed E-state index contributed by atoms with van der Waals surface area (Å²) in [6.45, 7) is 7.87. The molecule has 1 aliphatic heterocycles. The van der Waals surface area contributed by atoms with Crippen molar-refractivity contribution in [3.63, 3.8) is 0 Å². The third-order valence-electron chi connectivity index (χ3n) is 6.86. The maximum absolute atomic E-state index is 13.4. The zero-order valence-electron chi connectivity index (χ0n) is 17.1. The van der Waals surface area contributed by atoms with Gasteiger partial charge < -0.3 is 5.32 Å². The minimum Gasteiger partial charge on any atom is -0.343 e. The van der Waals surface area contributed by atoms with Gasteiger partial charge in [0, 0.05) is 25.6 Å². The predicted octanol–water partition coefficient (Wildman–Crippen LogP) is 3.52. The number of hydrogen-bond donors (Lipinski definition) is 1. The Hall–Kier alpha value is -2.46. The number of allylic oxidation sites excluding steroid dienone is 4. The van der Waals surface area contributed by atoms with E-state index >= 15 is 0 Å². The first-order chi connectivity index (χ1) is 14.0. The van der Waals surface area contributed by atoms with E-state index in [0.717, 1.165) is 26.1 Å². The molecule has 1 amide bonds. The molecule has 0 radical (unpaired) electrons. The van der Waals surface area contributed by atoms with Crippen molar-refractivity contribution in [2.24, 2.45) is 23.7 Å². The molecule has 1 aromatic rings. The second-order valence-electron chi connectivity index (χ2n) is 8.73. The third kappa shape index (κ3) is 3.99. The SMILES string of the molecule is C=C[C@@H]1C[C@]1(NC(=O)[C@@H]1CN(Cc2ccccc2)C[C@H]1C1C=CC=CC1)C(C)=O. The number of likely N-dealkylation sites (tertiary alicyclic amines) is 1. The lowest BCUT2D eigenvalue weighted by atomic mass is 9.80. The summed E-state index contributed by atoms with van der Waals surface area (Å²) in [4.78, 5) is 28.0. The lowest BCUT2D eigenvalue weighted by Crippen LogP contribution is -2.48. The molecular formula is C25H30N2O2. The second kappa shape index (κ2) is 8.11. The fourth-order valence-electron chi connectivity index (χ4n) is 5.03. The van der Waals surface area contributed by atoms with Crippen LogP contribution < -0.4 is 5.32 Å². The molecule has 0 bridgehead atoms. The molecule has 152 valence electrons. The number of amides is 1. The van der Waals surface area contributed by atoms with Crippen LogP contribution in [-0.4, -0.2) is 35.2 Å². The molecule has 2 fully saturated rings. The number of benzene rings is 1. The van der Waals surface area contributed by atoms with E-state index < -0.39 is 5.54 Å². The Bertz CT molecular complexity index is 844. The maximum Gasteiger partial charge on any atom is 0.225 e. The average molecular weight is 391 g/mol. The second-order valence-corrected chi connectivity index (χ2v) is 8.73. The number of carbonyl (C=O) groups is 2. The van der Waals surface area contributed by atoms with Crippen LogP contribution >= 0.6 is 0 Å². The van der Waals surface area contributed by atoms with Gasteiger partial charge in [-0.3, -0.25) is 14.5 Å². The highest BCUT2D eigenvalue weighted by Gasteiger charge is 2.58. The summed E-state index contributed by atoms with van der Waals surface area (Å²) in [5, 5.41) is 3.13. The van der Waals surface area contributed by atoms with Crippen molar-refractivity contribution in [3.8, 4) is 0 Å². The fraction of sp³-hybridized carbons (Fsp3) is 0.440. The van der Waals surface area contributed by atoms with Crippen molar-refractivity contribution in [2.45, 2.75) is 31.8 Å². The molecule has 0 spiro atoms. The van der Waals surface area contributed by atoms with Gasteiger partial charge in [0.2, 0.25) is 5.91 Å². The molecule has 0 aromatic heterocycles. The highest BCUT2D eigenvalue weighted by molar-refractivity contribution is 5.95. The van der Waals surface area contributed by atoms with E-state index in [1.54, 1.807) is 13.0 Å². The zero-order valence-corrected chi connectivity index (χ0v) is 17.1. The fourth-order valence-corrected chi connectivity index (χ4v) is 5.03. The number of Topliss-reactive ketones (excluding diaryl/α,β-unsaturated/α-hetero) is 1. The van der Waals surface area contributed by atoms with Crippen molar-refractivity contribution in [3.05, 3.63) is 72.9 Å². The number of nitrogens with one attached hydrogen (secondary N) is 1. The Morgan fingerprint density at radius 1 is 1.24 bits per heavy atom. The van der Waals surface area contributed by atoms with E-state index in [1.165, 1.54) is 5.56 Å². The monoisotopic (exact) mass is 390 g/mol. The Labute approximate surface area is 173 Å². The van der Waals surface area contributed by atoms with Gasteiger partial charge in [-0.1, -0.05) is 60.7 Å². The van der Waals surface area contributed by atoms with E-state index in [1.807, 2.05) is 6.07 Å². The lowest BCUT2D eigenvalue weighted by molar-refractivity contribution is -0.131. The van der Waals surface area contributed by atoms with Gasteiger partial charge >= 0.3 is 0 Å². The van der Waals surface area contributed by atoms with Crippen LogP contribution in [-0.2, 0) is 16.1 Å². The van der Waals surface area contributed by atoms with Crippen LogP contribution in [0.1, 0.15) is 25.3 Å². The van der Waals surface area contributed by atoms with Crippen molar-refractivity contribution >= 4 is 11.7 Å². The molecule has 1 N–H and O–H groups in total. The first-order valence-electron chi connectivity index (χ1n) is 10.6. The van der Waals surface area contributed by atoms with Crippen LogP contribution in [0.15, 0.2) is 67.3 Å². The van der Waals surface area contributed by atoms with Gasteiger partial charge in [-0.25, -0.2) is 0 Å². The quantitative estimate of drug-likeness (QED) is 0.725. The van der Waals surface area contributed by atoms with E-state index in [4.69, 9.17) is 0 Å². The summed E-state index contributed by atoms with van der Waals surface area (Å²) in [6, 6.07) is 10.4. The van der Waals surface area contributed by atoms with Crippen molar-refractivity contribution in [1.82, 2.24) is 10.2 Å². The number of rotatable bonds is 7. The average Bonchev–Trinajstić information content (AvgIpc) is 3.30. The largest absolute Gasteiger partial charge is 0.343 e. The normalized spacial score (nSPS) is 33.4. The van der Waals surface area contributed by atoms with Crippen LogP contribution in [0.5, 0.6) is 0 Å². The molecule has 4 nitrogen and oxygen atoms in total. The van der Waals surface area contributed by atoms with E-state index in [-0.39, 0.29) is 29.4 Å². The summed E-state index contributed by atoms with van der Waals surface area (Å²) in [7, 11) is 0. The Balaban J connectivity index is 1.51. The van der Waals surface area contributed by atoms with Crippen LogP contribution in [0.2, 0.25) is 0 Å². The van der Waals surface area contributed by atoms with Crippen LogP contribution in [0.4, 0.5) is 0 Å². The minimum atomic E-state index is -0.724. The van der Waals surface area contributed by atoms with Gasteiger partial charge in [0.25, 0.3) is 0 Å². The Morgan fingerprint density at radius 3 is 2.66 bits per heavy atom. The summed E-state index contributed by atoms with van der Waals surface area (Å²) < 4.78 is 0. The first kappa shape index (κ1) is 19.8. The minimum absolute atomic E-state index is 0.0214. The summed E-state index contributed by atoms with van der Waals surface area (Å²) in [6.07, 6.45) is 12.0. The van der Waals surface area contributed by atoms with Gasteiger partial charge in [0.1, 0.15) is 5.54 Å². The topological polar surface area (TPSA) is 49.4 Å². The number of hydrogen-bond acceptors (Lipinski definition) is 3. The maximum atomic E-state index is 13.4. The number of nitrogens with zero attached hydrogens (tertiary/aromatic N) is 1. The third-order valence-corrected chi connectivity index (χ3v) is 6.86. The van der Waals surface area contributed by atoms with E-state index in [0.29, 0.717) is 12.3 Å². The number of ketones is 1. The van der Waals surface area contributed by atoms with Gasteiger partial charge in [0.05, 0.1) is 5.92 Å². The molecule has 1 heterocycles. The molecule has 29 heavy (non-hydrogen) atoms. The lowest BCUT2D eigenvalue weighted by Gasteiger charge is -2.27. The smallest absolute Gasteiger partial charge is 0.225 e. The highest BCUT2D eigenvalue weighted by Crippen LogP contribution is 2.46. The summed E-state index contributed by atoms with van der Waals surface area (Å²) in [5.41, 5.74) is 0.541. The predicted molar refractivity (Wildman–Crippen MR) is 115 cm³/mol. The summed E-state index contributed by atoms with van der Waals surface area (Å²) >= 11 is 0. The molecule has 2 aliphatic carbocycles. The number of carbonyl (C=O) groups excluding carboxylic acids is 2. The van der Waals surface area contributed by atoms with Crippen molar-refractivity contribution in [1.29, 1.82) is 0 Å². The van der Waals surface area contributed by atoms with Crippen LogP contribution in [0, 0.1) is 23.7 Å². The first-order valence-corrected chi connectivity index (χ1v) is 10.6. The van der Waals surface area contributed by atoms with E-state index in [2.05, 4.69) is 65.4 Å². The Morgan fingerprint density at radius 2 is 2.03 bits per heavy atom. The molecule has 4 heteroatoms. The summed E-state index contributed by atoms with van der Waals surface area (Å²) in [5.74, 6) is 0.618. The molecular weight excluding hydrogens is 360 g/mol. The van der Waals surface area contributed by atoms with Crippen LogP contribution in [0.3, 0.4) is 0 Å².